The molecule has 0 bridgehead atoms. The minimum Gasteiger partial charge on any atom is -0.489 e. The number of anilines is 2. The zero-order valence-electron chi connectivity index (χ0n) is 25.6. The van der Waals surface area contributed by atoms with Crippen LogP contribution >= 0.6 is 0 Å². The second-order valence-electron chi connectivity index (χ2n) is 11.9. The lowest BCUT2D eigenvalue weighted by Crippen LogP contribution is -2.50. The number of benzene rings is 3. The molecule has 1 fully saturated rings. The summed E-state index contributed by atoms with van der Waals surface area (Å²) >= 11 is 0. The third-order valence-corrected chi connectivity index (χ3v) is 7.44. The van der Waals surface area contributed by atoms with E-state index < -0.39 is 5.60 Å². The molecule has 0 spiro atoms. The Morgan fingerprint density at radius 2 is 1.58 bits per heavy atom. The lowest BCUT2D eigenvalue weighted by Gasteiger charge is -2.37. The number of nitrogens with zero attached hydrogens (tertiary/aromatic N) is 5. The second kappa shape index (κ2) is 12.7. The molecule has 6 rings (SSSR count). The minimum atomic E-state index is -0.540. The van der Waals surface area contributed by atoms with Crippen LogP contribution in [-0.4, -0.2) is 63.3 Å². The summed E-state index contributed by atoms with van der Waals surface area (Å²) in [7, 11) is 0. The van der Waals surface area contributed by atoms with E-state index in [4.69, 9.17) is 14.5 Å². The molecule has 0 aliphatic carbocycles. The van der Waals surface area contributed by atoms with Gasteiger partial charge in [-0.15, -0.1) is 0 Å². The van der Waals surface area contributed by atoms with Gasteiger partial charge in [0.15, 0.2) is 5.65 Å². The van der Waals surface area contributed by atoms with E-state index in [2.05, 4.69) is 15.3 Å². The first-order valence-corrected chi connectivity index (χ1v) is 15.0. The summed E-state index contributed by atoms with van der Waals surface area (Å²) in [6, 6.07) is 27.1. The van der Waals surface area contributed by atoms with Gasteiger partial charge in [0.25, 0.3) is 5.91 Å². The fraction of sp³-hybridized carbons (Fsp3) is 0.257. The average molecular weight is 605 g/mol. The third-order valence-electron chi connectivity index (χ3n) is 7.44. The van der Waals surface area contributed by atoms with Gasteiger partial charge in [0.1, 0.15) is 23.7 Å². The van der Waals surface area contributed by atoms with Crippen LogP contribution in [0.5, 0.6) is 5.75 Å². The molecule has 0 saturated carbocycles. The molecule has 0 radical (unpaired) electrons. The number of para-hydroxylation sites is 2. The Bertz CT molecular complexity index is 1790. The Balaban J connectivity index is 1.14. The number of fused-ring (bicyclic) bond motifs is 1. The van der Waals surface area contributed by atoms with E-state index in [0.29, 0.717) is 44.1 Å². The summed E-state index contributed by atoms with van der Waals surface area (Å²) < 4.78 is 13.1. The molecule has 230 valence electrons. The van der Waals surface area contributed by atoms with E-state index in [-0.39, 0.29) is 17.7 Å². The first kappa shape index (κ1) is 29.7. The maximum Gasteiger partial charge on any atom is 0.410 e. The molecule has 10 heteroatoms. The van der Waals surface area contributed by atoms with Gasteiger partial charge < -0.3 is 24.6 Å². The zero-order valence-corrected chi connectivity index (χ0v) is 25.6. The van der Waals surface area contributed by atoms with Gasteiger partial charge in [0, 0.05) is 37.9 Å². The number of hydrogen-bond acceptors (Lipinski definition) is 7. The lowest BCUT2D eigenvalue weighted by atomic mass is 10.1. The molecule has 0 atom stereocenters. The highest BCUT2D eigenvalue weighted by Crippen LogP contribution is 2.29. The zero-order chi connectivity index (χ0) is 31.4. The molecule has 0 unspecified atom stereocenters. The molecule has 1 aliphatic heterocycles. The number of carbonyl (C=O) groups is 2. The van der Waals surface area contributed by atoms with Crippen LogP contribution in [0.15, 0.2) is 97.3 Å². The topological polar surface area (TPSA) is 101 Å². The van der Waals surface area contributed by atoms with Gasteiger partial charge in [-0.1, -0.05) is 54.6 Å². The van der Waals surface area contributed by atoms with Crippen LogP contribution in [0.2, 0.25) is 0 Å². The molecular formula is C35H36N6O4. The van der Waals surface area contributed by atoms with Gasteiger partial charge in [0.05, 0.1) is 17.6 Å². The number of aromatic nitrogens is 3. The Labute approximate surface area is 262 Å². The van der Waals surface area contributed by atoms with Crippen LogP contribution in [0.3, 0.4) is 0 Å². The molecule has 3 heterocycles. The van der Waals surface area contributed by atoms with E-state index in [1.807, 2.05) is 99.6 Å². The summed E-state index contributed by atoms with van der Waals surface area (Å²) in [6.45, 7) is 8.36. The van der Waals surface area contributed by atoms with E-state index in [9.17, 15) is 9.59 Å². The van der Waals surface area contributed by atoms with Crippen molar-refractivity contribution in [3.63, 3.8) is 0 Å². The average Bonchev–Trinajstić information content (AvgIpc) is 3.47. The number of piperazine rings is 1. The quantitative estimate of drug-likeness (QED) is 0.233. The van der Waals surface area contributed by atoms with E-state index in [1.54, 1.807) is 27.9 Å². The van der Waals surface area contributed by atoms with Gasteiger partial charge in [-0.05, 0) is 62.2 Å². The van der Waals surface area contributed by atoms with Crippen molar-refractivity contribution in [1.29, 1.82) is 0 Å². The van der Waals surface area contributed by atoms with E-state index >= 15 is 0 Å². The summed E-state index contributed by atoms with van der Waals surface area (Å²) in [4.78, 5) is 34.5. The molecule has 1 saturated heterocycles. The fourth-order valence-corrected chi connectivity index (χ4v) is 5.17. The summed E-state index contributed by atoms with van der Waals surface area (Å²) in [6.07, 6.45) is 3.17. The van der Waals surface area contributed by atoms with Crippen LogP contribution < -0.4 is 15.0 Å². The number of ether oxygens (including phenoxy) is 2. The third kappa shape index (κ3) is 7.06. The Hall–Kier alpha value is -5.38. The normalized spacial score (nSPS) is 13.5. The monoisotopic (exact) mass is 604 g/mol. The molecule has 5 aromatic rings. The van der Waals surface area contributed by atoms with Crippen molar-refractivity contribution in [2.24, 2.45) is 0 Å². The maximum atomic E-state index is 13.5. The van der Waals surface area contributed by atoms with Crippen molar-refractivity contribution in [2.45, 2.75) is 33.0 Å². The van der Waals surface area contributed by atoms with Crippen LogP contribution in [0.4, 0.5) is 16.2 Å². The van der Waals surface area contributed by atoms with Gasteiger partial charge in [-0.2, -0.15) is 5.10 Å². The van der Waals surface area contributed by atoms with E-state index in [1.165, 1.54) is 0 Å². The molecule has 1 aliphatic rings. The van der Waals surface area contributed by atoms with Crippen molar-refractivity contribution in [2.75, 3.05) is 36.4 Å². The largest absolute Gasteiger partial charge is 0.489 e. The lowest BCUT2D eigenvalue weighted by molar-refractivity contribution is 0.0240. The molecule has 2 amide bonds. The van der Waals surface area contributed by atoms with Crippen LogP contribution in [0.25, 0.3) is 16.8 Å². The van der Waals surface area contributed by atoms with Crippen LogP contribution in [-0.2, 0) is 11.3 Å². The standard InChI is InChI=1S/C35H36N6O4/c1-35(2,3)45-34(43)40-21-19-39(20-22-40)31-12-8-7-11-29(31)38-33(42)30-17-18-41-32(37-30)28(23-36-41)26-13-15-27(16-14-26)44-24-25-9-5-4-6-10-25/h4-18,23H,19-22,24H2,1-3H3,(H,38,42). The second-order valence-corrected chi connectivity index (χ2v) is 11.9. The Kier molecular flexibility index (Phi) is 8.37. The number of carbonyl (C=O) groups excluding carboxylic acids is 2. The van der Waals surface area contributed by atoms with Crippen molar-refractivity contribution in [1.82, 2.24) is 19.5 Å². The van der Waals surface area contributed by atoms with Gasteiger partial charge in [-0.3, -0.25) is 4.79 Å². The first-order valence-electron chi connectivity index (χ1n) is 15.0. The predicted octanol–water partition coefficient (Wildman–Crippen LogP) is 6.28. The van der Waals surface area contributed by atoms with Crippen molar-refractivity contribution in [3.8, 4) is 16.9 Å². The number of rotatable bonds is 7. The van der Waals surface area contributed by atoms with E-state index in [0.717, 1.165) is 28.1 Å². The number of amides is 2. The van der Waals surface area contributed by atoms with Crippen LogP contribution in [0, 0.1) is 0 Å². The number of nitrogens with one attached hydrogen (secondary N) is 1. The van der Waals surface area contributed by atoms with Crippen molar-refractivity contribution >= 4 is 29.0 Å². The summed E-state index contributed by atoms with van der Waals surface area (Å²) in [5.41, 5.74) is 4.69. The summed E-state index contributed by atoms with van der Waals surface area (Å²) in [5, 5.41) is 7.48. The Morgan fingerprint density at radius 1 is 0.867 bits per heavy atom. The molecule has 45 heavy (non-hydrogen) atoms. The molecule has 10 nitrogen and oxygen atoms in total. The first-order chi connectivity index (χ1) is 21.7. The minimum absolute atomic E-state index is 0.275. The molecule has 1 N–H and O–H groups in total. The van der Waals surface area contributed by atoms with Crippen molar-refractivity contribution < 1.29 is 19.1 Å². The molecule has 3 aromatic carbocycles. The van der Waals surface area contributed by atoms with Crippen molar-refractivity contribution in [3.05, 3.63) is 109 Å². The molecular weight excluding hydrogens is 568 g/mol. The van der Waals surface area contributed by atoms with Gasteiger partial charge in [-0.25, -0.2) is 14.3 Å². The predicted molar refractivity (Wildman–Crippen MR) is 174 cm³/mol. The smallest absolute Gasteiger partial charge is 0.410 e. The highest BCUT2D eigenvalue weighted by Gasteiger charge is 2.27. The highest BCUT2D eigenvalue weighted by atomic mass is 16.6. The summed E-state index contributed by atoms with van der Waals surface area (Å²) in [5.74, 6) is 0.436. The number of hydrogen-bond donors (Lipinski definition) is 1. The molecule has 2 aromatic heterocycles. The van der Waals surface area contributed by atoms with Gasteiger partial charge in [0.2, 0.25) is 0 Å². The SMILES string of the molecule is CC(C)(C)OC(=O)N1CCN(c2ccccc2NC(=O)c2ccn3ncc(-c4ccc(OCc5ccccc5)cc4)c3n2)CC1. The van der Waals surface area contributed by atoms with Gasteiger partial charge >= 0.3 is 6.09 Å². The fourth-order valence-electron chi connectivity index (χ4n) is 5.17. The maximum absolute atomic E-state index is 13.5. The highest BCUT2D eigenvalue weighted by molar-refractivity contribution is 6.05. The van der Waals surface area contributed by atoms with Crippen LogP contribution in [0.1, 0.15) is 36.8 Å². The Morgan fingerprint density at radius 3 is 2.31 bits per heavy atom.